The molecule has 2 aromatic rings. The van der Waals surface area contributed by atoms with Crippen molar-refractivity contribution in [1.29, 1.82) is 0 Å². The molecule has 0 radical (unpaired) electrons. The Balaban J connectivity index is 2.06. The number of rotatable bonds is 7. The fraction of sp³-hybridized carbons (Fsp3) is 0.467. The first-order chi connectivity index (χ1) is 10.1. The van der Waals surface area contributed by atoms with Gasteiger partial charge in [-0.2, -0.15) is 0 Å². The van der Waals surface area contributed by atoms with Crippen LogP contribution in [-0.2, 0) is 19.6 Å². The predicted octanol–water partition coefficient (Wildman–Crippen LogP) is 3.36. The lowest BCUT2D eigenvalue weighted by molar-refractivity contribution is 0.256. The summed E-state index contributed by atoms with van der Waals surface area (Å²) in [7, 11) is 0. The SMILES string of the molecule is CCc1nnc(COc2cccc(Cl)c2CNC(C)C)o1. The van der Waals surface area contributed by atoms with E-state index in [-0.39, 0.29) is 6.61 Å². The Hall–Kier alpha value is -1.59. The van der Waals surface area contributed by atoms with Crippen LogP contribution >= 0.6 is 11.6 Å². The van der Waals surface area contributed by atoms with Gasteiger partial charge in [0.25, 0.3) is 5.89 Å². The van der Waals surface area contributed by atoms with Gasteiger partial charge in [0.2, 0.25) is 5.89 Å². The highest BCUT2D eigenvalue weighted by Crippen LogP contribution is 2.27. The first kappa shape index (κ1) is 15.8. The maximum absolute atomic E-state index is 6.25. The van der Waals surface area contributed by atoms with Gasteiger partial charge in [-0.3, -0.25) is 0 Å². The van der Waals surface area contributed by atoms with E-state index >= 15 is 0 Å². The molecule has 1 aromatic heterocycles. The van der Waals surface area contributed by atoms with E-state index in [2.05, 4.69) is 29.4 Å². The summed E-state index contributed by atoms with van der Waals surface area (Å²) in [6.45, 7) is 7.02. The van der Waals surface area contributed by atoms with Crippen molar-refractivity contribution in [3.63, 3.8) is 0 Å². The first-order valence-electron chi connectivity index (χ1n) is 7.05. The topological polar surface area (TPSA) is 60.2 Å². The summed E-state index contributed by atoms with van der Waals surface area (Å²) in [5, 5.41) is 11.9. The lowest BCUT2D eigenvalue weighted by Crippen LogP contribution is -2.22. The summed E-state index contributed by atoms with van der Waals surface area (Å²) in [5.41, 5.74) is 0.933. The molecule has 114 valence electrons. The number of halogens is 1. The van der Waals surface area contributed by atoms with Gasteiger partial charge in [0.05, 0.1) is 0 Å². The number of hydrogen-bond donors (Lipinski definition) is 1. The molecular weight excluding hydrogens is 290 g/mol. The quantitative estimate of drug-likeness (QED) is 0.849. The molecule has 0 atom stereocenters. The Labute approximate surface area is 129 Å². The van der Waals surface area contributed by atoms with Gasteiger partial charge in [0.1, 0.15) is 5.75 Å². The predicted molar refractivity (Wildman–Crippen MR) is 81.4 cm³/mol. The fourth-order valence-corrected chi connectivity index (χ4v) is 2.01. The summed E-state index contributed by atoms with van der Waals surface area (Å²) in [6, 6.07) is 5.98. The standard InChI is InChI=1S/C15H20ClN3O2/c1-4-14-18-19-15(21-14)9-20-13-7-5-6-12(16)11(13)8-17-10(2)3/h5-7,10,17H,4,8-9H2,1-3H3. The molecule has 1 N–H and O–H groups in total. The van der Waals surface area contributed by atoms with Crippen molar-refractivity contribution >= 4 is 11.6 Å². The maximum atomic E-state index is 6.25. The Bertz CT molecular complexity index is 584. The number of benzene rings is 1. The van der Waals surface area contributed by atoms with E-state index in [9.17, 15) is 0 Å². The van der Waals surface area contributed by atoms with Gasteiger partial charge >= 0.3 is 0 Å². The molecule has 2 rings (SSSR count). The molecule has 0 spiro atoms. The average Bonchev–Trinajstić information content (AvgIpc) is 2.92. The second kappa shape index (κ2) is 7.43. The van der Waals surface area contributed by atoms with E-state index in [0.29, 0.717) is 35.8 Å². The second-order valence-electron chi connectivity index (χ2n) is 4.98. The Morgan fingerprint density at radius 1 is 1.29 bits per heavy atom. The van der Waals surface area contributed by atoms with Gasteiger partial charge in [-0.05, 0) is 12.1 Å². The number of aromatic nitrogens is 2. The maximum Gasteiger partial charge on any atom is 0.253 e. The zero-order valence-corrected chi connectivity index (χ0v) is 13.3. The van der Waals surface area contributed by atoms with E-state index in [1.165, 1.54) is 0 Å². The molecule has 5 nitrogen and oxygen atoms in total. The third kappa shape index (κ3) is 4.44. The molecule has 0 saturated heterocycles. The van der Waals surface area contributed by atoms with Crippen LogP contribution in [0.2, 0.25) is 5.02 Å². The minimum atomic E-state index is 0.238. The van der Waals surface area contributed by atoms with Crippen molar-refractivity contribution in [1.82, 2.24) is 15.5 Å². The molecule has 1 aromatic carbocycles. The number of ether oxygens (including phenoxy) is 1. The summed E-state index contributed by atoms with van der Waals surface area (Å²) in [6.07, 6.45) is 0.716. The van der Waals surface area contributed by atoms with E-state index < -0.39 is 0 Å². The van der Waals surface area contributed by atoms with Crippen molar-refractivity contribution in [3.05, 3.63) is 40.6 Å². The van der Waals surface area contributed by atoms with Crippen molar-refractivity contribution in [3.8, 4) is 5.75 Å². The number of nitrogens with zero attached hydrogens (tertiary/aromatic N) is 2. The molecule has 0 amide bonds. The monoisotopic (exact) mass is 309 g/mol. The lowest BCUT2D eigenvalue weighted by Gasteiger charge is -2.14. The highest BCUT2D eigenvalue weighted by atomic mass is 35.5. The van der Waals surface area contributed by atoms with E-state index in [1.54, 1.807) is 0 Å². The van der Waals surface area contributed by atoms with Gasteiger partial charge < -0.3 is 14.5 Å². The third-order valence-electron chi connectivity index (χ3n) is 2.93. The minimum absolute atomic E-state index is 0.238. The van der Waals surface area contributed by atoms with Crippen molar-refractivity contribution in [2.24, 2.45) is 0 Å². The van der Waals surface area contributed by atoms with Crippen LogP contribution in [0, 0.1) is 0 Å². The summed E-state index contributed by atoms with van der Waals surface area (Å²) < 4.78 is 11.2. The Morgan fingerprint density at radius 2 is 2.05 bits per heavy atom. The summed E-state index contributed by atoms with van der Waals surface area (Å²) >= 11 is 6.25. The normalized spacial score (nSPS) is 11.1. The van der Waals surface area contributed by atoms with E-state index in [4.69, 9.17) is 20.8 Å². The third-order valence-corrected chi connectivity index (χ3v) is 3.28. The fourth-order valence-electron chi connectivity index (χ4n) is 1.78. The van der Waals surface area contributed by atoms with Crippen LogP contribution in [0.25, 0.3) is 0 Å². The molecule has 0 aliphatic carbocycles. The van der Waals surface area contributed by atoms with Gasteiger partial charge in [-0.25, -0.2) is 0 Å². The Kier molecular flexibility index (Phi) is 5.59. The average molecular weight is 310 g/mol. The van der Waals surface area contributed by atoms with Crippen molar-refractivity contribution < 1.29 is 9.15 Å². The molecule has 21 heavy (non-hydrogen) atoms. The van der Waals surface area contributed by atoms with Crippen LogP contribution in [0.15, 0.2) is 22.6 Å². The lowest BCUT2D eigenvalue weighted by atomic mass is 10.2. The zero-order valence-electron chi connectivity index (χ0n) is 12.5. The van der Waals surface area contributed by atoms with Crippen LogP contribution in [-0.4, -0.2) is 16.2 Å². The molecule has 0 bridgehead atoms. The molecule has 0 unspecified atom stereocenters. The number of nitrogens with one attached hydrogen (secondary N) is 1. The Morgan fingerprint density at radius 3 is 2.71 bits per heavy atom. The van der Waals surface area contributed by atoms with Gasteiger partial charge in [0, 0.05) is 29.6 Å². The highest BCUT2D eigenvalue weighted by molar-refractivity contribution is 6.31. The van der Waals surface area contributed by atoms with Crippen LogP contribution in [0.3, 0.4) is 0 Å². The van der Waals surface area contributed by atoms with Gasteiger partial charge in [-0.15, -0.1) is 10.2 Å². The molecule has 0 aliphatic rings. The summed E-state index contributed by atoms with van der Waals surface area (Å²) in [4.78, 5) is 0. The summed E-state index contributed by atoms with van der Waals surface area (Å²) in [5.74, 6) is 1.81. The molecule has 0 aliphatic heterocycles. The van der Waals surface area contributed by atoms with Gasteiger partial charge in [-0.1, -0.05) is 38.4 Å². The zero-order chi connectivity index (χ0) is 15.2. The number of aryl methyl sites for hydroxylation is 1. The molecule has 0 fully saturated rings. The smallest absolute Gasteiger partial charge is 0.253 e. The highest BCUT2D eigenvalue weighted by Gasteiger charge is 2.11. The van der Waals surface area contributed by atoms with Crippen LogP contribution in [0.5, 0.6) is 5.75 Å². The van der Waals surface area contributed by atoms with Gasteiger partial charge in [0.15, 0.2) is 6.61 Å². The van der Waals surface area contributed by atoms with Crippen molar-refractivity contribution in [2.45, 2.75) is 46.4 Å². The van der Waals surface area contributed by atoms with Crippen LogP contribution in [0.4, 0.5) is 0 Å². The van der Waals surface area contributed by atoms with Crippen LogP contribution in [0.1, 0.15) is 38.1 Å². The van der Waals surface area contributed by atoms with E-state index in [0.717, 1.165) is 11.3 Å². The largest absolute Gasteiger partial charge is 0.483 e. The first-order valence-corrected chi connectivity index (χ1v) is 7.42. The second-order valence-corrected chi connectivity index (χ2v) is 5.39. The molecular formula is C15H20ClN3O2. The van der Waals surface area contributed by atoms with Crippen LogP contribution < -0.4 is 10.1 Å². The molecule has 0 saturated carbocycles. The van der Waals surface area contributed by atoms with E-state index in [1.807, 2.05) is 25.1 Å². The number of hydrogen-bond acceptors (Lipinski definition) is 5. The van der Waals surface area contributed by atoms with Crippen molar-refractivity contribution in [2.75, 3.05) is 0 Å². The minimum Gasteiger partial charge on any atom is -0.483 e. The molecule has 1 heterocycles. The molecule has 6 heteroatoms.